The van der Waals surface area contributed by atoms with Crippen molar-refractivity contribution in [1.29, 1.82) is 0 Å². The smallest absolute Gasteiger partial charge is 0.290 e. The quantitative estimate of drug-likeness (QED) is 0.767. The Bertz CT molecular complexity index is 831. The third-order valence-electron chi connectivity index (χ3n) is 4.11. The van der Waals surface area contributed by atoms with Crippen LogP contribution < -0.4 is 0 Å². The molecule has 0 aromatic carbocycles. The van der Waals surface area contributed by atoms with Gasteiger partial charge in [-0.2, -0.15) is 0 Å². The van der Waals surface area contributed by atoms with Crippen molar-refractivity contribution in [3.05, 3.63) is 65.7 Å². The number of carbonyl (C=O) groups is 2. The molecule has 1 unspecified atom stereocenters. The van der Waals surface area contributed by atoms with Gasteiger partial charge in [0.25, 0.3) is 5.91 Å². The summed E-state index contributed by atoms with van der Waals surface area (Å²) >= 11 is 0. The van der Waals surface area contributed by atoms with Crippen LogP contribution in [0, 0.1) is 0 Å². The SMILES string of the molecule is CN(C)CCN1C(=O)C(O)=C(C(=O)/C=C/c2ccco2)C1c1ccco1. The molecule has 0 saturated heterocycles. The van der Waals surface area contributed by atoms with Crippen LogP contribution in [0.15, 0.2) is 63.0 Å². The molecule has 0 spiro atoms. The van der Waals surface area contributed by atoms with Crippen molar-refractivity contribution in [2.24, 2.45) is 0 Å². The van der Waals surface area contributed by atoms with E-state index in [0.717, 1.165) is 0 Å². The zero-order valence-electron chi connectivity index (χ0n) is 14.6. The average Bonchev–Trinajstić information content (AvgIpc) is 3.34. The van der Waals surface area contributed by atoms with Gasteiger partial charge in [0.15, 0.2) is 11.5 Å². The van der Waals surface area contributed by atoms with Gasteiger partial charge in [0.2, 0.25) is 0 Å². The molecule has 1 aliphatic heterocycles. The summed E-state index contributed by atoms with van der Waals surface area (Å²) in [7, 11) is 3.77. The minimum Gasteiger partial charge on any atom is -0.503 e. The summed E-state index contributed by atoms with van der Waals surface area (Å²) < 4.78 is 10.6. The molecule has 26 heavy (non-hydrogen) atoms. The number of allylic oxidation sites excluding steroid dienone is 1. The summed E-state index contributed by atoms with van der Waals surface area (Å²) in [4.78, 5) is 28.6. The highest BCUT2D eigenvalue weighted by atomic mass is 16.3. The van der Waals surface area contributed by atoms with E-state index in [9.17, 15) is 14.7 Å². The minimum atomic E-state index is -0.758. The van der Waals surface area contributed by atoms with Crippen molar-refractivity contribution in [1.82, 2.24) is 9.80 Å². The molecular formula is C19H20N2O5. The summed E-state index contributed by atoms with van der Waals surface area (Å²) in [6.45, 7) is 0.930. The number of furan rings is 2. The zero-order chi connectivity index (χ0) is 18.7. The Morgan fingerprint density at radius 3 is 2.62 bits per heavy atom. The largest absolute Gasteiger partial charge is 0.503 e. The number of aliphatic hydroxyl groups excluding tert-OH is 1. The predicted molar refractivity (Wildman–Crippen MR) is 94.1 cm³/mol. The van der Waals surface area contributed by atoms with Crippen molar-refractivity contribution in [3.8, 4) is 0 Å². The standard InChI is InChI=1S/C19H20N2O5/c1-20(2)9-10-21-17(15-6-4-12-26-15)16(18(23)19(21)24)14(22)8-7-13-5-3-11-25-13/h3-8,11-12,17,23H,9-10H2,1-2H3/b8-7+. The van der Waals surface area contributed by atoms with E-state index in [1.807, 2.05) is 19.0 Å². The molecule has 1 N–H and O–H groups in total. The first kappa shape index (κ1) is 17.8. The second-order valence-corrected chi connectivity index (χ2v) is 6.20. The summed E-state index contributed by atoms with van der Waals surface area (Å²) in [5, 5.41) is 10.3. The second kappa shape index (κ2) is 7.45. The number of aliphatic hydroxyl groups is 1. The molecule has 3 rings (SSSR count). The number of nitrogens with zero attached hydrogens (tertiary/aromatic N) is 2. The maximum atomic E-state index is 12.7. The van der Waals surface area contributed by atoms with E-state index < -0.39 is 23.5 Å². The fraction of sp³-hybridized carbons (Fsp3) is 0.263. The number of carbonyl (C=O) groups excluding carboxylic acids is 2. The van der Waals surface area contributed by atoms with Crippen molar-refractivity contribution >= 4 is 17.8 Å². The fourth-order valence-corrected chi connectivity index (χ4v) is 2.82. The number of rotatable bonds is 7. The van der Waals surface area contributed by atoms with E-state index in [4.69, 9.17) is 8.83 Å². The molecule has 0 radical (unpaired) electrons. The summed E-state index contributed by atoms with van der Waals surface area (Å²) in [5.41, 5.74) is 0.00603. The maximum absolute atomic E-state index is 12.7. The van der Waals surface area contributed by atoms with Crippen LogP contribution in [0.25, 0.3) is 6.08 Å². The zero-order valence-corrected chi connectivity index (χ0v) is 14.6. The lowest BCUT2D eigenvalue weighted by molar-refractivity contribution is -0.129. The van der Waals surface area contributed by atoms with Gasteiger partial charge in [-0.3, -0.25) is 9.59 Å². The molecular weight excluding hydrogens is 336 g/mol. The van der Waals surface area contributed by atoms with Gasteiger partial charge in [0.1, 0.15) is 17.6 Å². The van der Waals surface area contributed by atoms with Gasteiger partial charge in [0, 0.05) is 13.1 Å². The van der Waals surface area contributed by atoms with Crippen LogP contribution in [0.3, 0.4) is 0 Å². The van der Waals surface area contributed by atoms with Crippen molar-refractivity contribution in [3.63, 3.8) is 0 Å². The number of ketones is 1. The van der Waals surface area contributed by atoms with E-state index >= 15 is 0 Å². The second-order valence-electron chi connectivity index (χ2n) is 6.20. The highest BCUT2D eigenvalue weighted by Gasteiger charge is 2.44. The Morgan fingerprint density at radius 2 is 2.00 bits per heavy atom. The first-order chi connectivity index (χ1) is 12.5. The van der Waals surface area contributed by atoms with Crippen LogP contribution in [0.4, 0.5) is 0 Å². The predicted octanol–water partition coefficient (Wildman–Crippen LogP) is 2.41. The molecule has 7 nitrogen and oxygen atoms in total. The number of amides is 1. The Kier molecular flexibility index (Phi) is 5.09. The molecule has 2 aromatic heterocycles. The van der Waals surface area contributed by atoms with Crippen LogP contribution in [0.1, 0.15) is 17.6 Å². The van der Waals surface area contributed by atoms with Crippen molar-refractivity contribution in [2.45, 2.75) is 6.04 Å². The summed E-state index contributed by atoms with van der Waals surface area (Å²) in [5.74, 6) is -0.666. The Hall–Kier alpha value is -3.06. The lowest BCUT2D eigenvalue weighted by Crippen LogP contribution is -2.36. The van der Waals surface area contributed by atoms with Gasteiger partial charge >= 0.3 is 0 Å². The van der Waals surface area contributed by atoms with E-state index in [1.54, 1.807) is 24.3 Å². The van der Waals surface area contributed by atoms with Crippen LogP contribution in [-0.2, 0) is 9.59 Å². The molecule has 0 bridgehead atoms. The third-order valence-corrected chi connectivity index (χ3v) is 4.11. The molecule has 1 aliphatic rings. The third kappa shape index (κ3) is 3.48. The molecule has 1 atom stereocenters. The number of hydrogen-bond donors (Lipinski definition) is 1. The first-order valence-electron chi connectivity index (χ1n) is 8.17. The van der Waals surface area contributed by atoms with Crippen LogP contribution in [0.2, 0.25) is 0 Å². The van der Waals surface area contributed by atoms with Gasteiger partial charge in [-0.15, -0.1) is 0 Å². The number of hydrogen-bond acceptors (Lipinski definition) is 6. The van der Waals surface area contributed by atoms with Crippen molar-refractivity contribution < 1.29 is 23.5 Å². The van der Waals surface area contributed by atoms with Gasteiger partial charge < -0.3 is 23.7 Å². The summed E-state index contributed by atoms with van der Waals surface area (Å²) in [6, 6.07) is 6.01. The molecule has 1 amide bonds. The average molecular weight is 356 g/mol. The number of likely N-dealkylation sites (N-methyl/N-ethyl adjacent to an activating group) is 1. The first-order valence-corrected chi connectivity index (χ1v) is 8.17. The lowest BCUT2D eigenvalue weighted by atomic mass is 10.0. The van der Waals surface area contributed by atoms with Crippen molar-refractivity contribution in [2.75, 3.05) is 27.2 Å². The molecule has 0 fully saturated rings. The Morgan fingerprint density at radius 1 is 1.27 bits per heavy atom. The summed E-state index contributed by atoms with van der Waals surface area (Å²) in [6.07, 6.45) is 5.74. The van der Waals surface area contributed by atoms with E-state index in [-0.39, 0.29) is 5.57 Å². The van der Waals surface area contributed by atoms with E-state index in [2.05, 4.69) is 0 Å². The highest BCUT2D eigenvalue weighted by molar-refractivity contribution is 6.14. The molecule has 0 aliphatic carbocycles. The topological polar surface area (TPSA) is 87.1 Å². The van der Waals surface area contributed by atoms with Gasteiger partial charge in [-0.25, -0.2) is 0 Å². The minimum absolute atomic E-state index is 0.00603. The monoisotopic (exact) mass is 356 g/mol. The van der Waals surface area contributed by atoms with Crippen LogP contribution >= 0.6 is 0 Å². The van der Waals surface area contributed by atoms with E-state index in [0.29, 0.717) is 24.6 Å². The van der Waals surface area contributed by atoms with E-state index in [1.165, 1.54) is 29.6 Å². The maximum Gasteiger partial charge on any atom is 0.290 e. The van der Waals surface area contributed by atoms with Gasteiger partial charge in [-0.05, 0) is 50.5 Å². The molecule has 7 heteroatoms. The lowest BCUT2D eigenvalue weighted by Gasteiger charge is -2.25. The molecule has 2 aromatic rings. The van der Waals surface area contributed by atoms with Gasteiger partial charge in [-0.1, -0.05) is 0 Å². The fourth-order valence-electron chi connectivity index (χ4n) is 2.82. The van der Waals surface area contributed by atoms with Gasteiger partial charge in [0.05, 0.1) is 18.1 Å². The Balaban J connectivity index is 1.92. The van der Waals surface area contributed by atoms with Crippen LogP contribution in [-0.4, -0.2) is 53.8 Å². The molecule has 0 saturated carbocycles. The highest BCUT2D eigenvalue weighted by Crippen LogP contribution is 2.37. The molecule has 3 heterocycles. The Labute approximate surface area is 150 Å². The molecule has 136 valence electrons. The normalized spacial score (nSPS) is 17.9. The van der Waals surface area contributed by atoms with Crippen LogP contribution in [0.5, 0.6) is 0 Å².